The number of hydrogen-bond acceptors (Lipinski definition) is 4. The number of nitrogens with zero attached hydrogens (tertiary/aromatic N) is 2. The van der Waals surface area contributed by atoms with Crippen molar-refractivity contribution in [2.45, 2.75) is 32.7 Å². The fraction of sp³-hybridized carbons (Fsp3) is 0.333. The van der Waals surface area contributed by atoms with Gasteiger partial charge in [-0.25, -0.2) is 9.78 Å². The number of rotatable bonds is 6. The van der Waals surface area contributed by atoms with Crippen molar-refractivity contribution in [2.75, 3.05) is 0 Å². The van der Waals surface area contributed by atoms with E-state index in [2.05, 4.69) is 20.5 Å². The Kier molecular flexibility index (Phi) is 4.88. The molecule has 0 saturated carbocycles. The van der Waals surface area contributed by atoms with Gasteiger partial charge in [-0.2, -0.15) is 5.10 Å². The van der Waals surface area contributed by atoms with Crippen LogP contribution in [0.25, 0.3) is 0 Å². The highest BCUT2D eigenvalue weighted by Gasteiger charge is 2.22. The molecule has 2 rings (SSSR count). The van der Waals surface area contributed by atoms with Crippen molar-refractivity contribution in [3.8, 4) is 0 Å². The van der Waals surface area contributed by atoms with E-state index in [0.717, 1.165) is 5.56 Å². The lowest BCUT2D eigenvalue weighted by atomic mass is 10.0. The van der Waals surface area contributed by atoms with Crippen LogP contribution in [0.15, 0.2) is 24.3 Å². The van der Waals surface area contributed by atoms with Crippen LogP contribution in [0.5, 0.6) is 0 Å². The maximum Gasteiger partial charge on any atom is 0.330 e. The number of aromatic nitrogens is 3. The number of benzene rings is 1. The molecule has 1 unspecified atom stereocenters. The first-order valence-corrected chi connectivity index (χ1v) is 6.92. The third-order valence-electron chi connectivity index (χ3n) is 3.15. The molecule has 0 radical (unpaired) electrons. The molecule has 0 bridgehead atoms. The summed E-state index contributed by atoms with van der Waals surface area (Å²) in [6.45, 7) is 3.64. The van der Waals surface area contributed by atoms with Gasteiger partial charge in [-0.05, 0) is 19.4 Å². The van der Waals surface area contributed by atoms with E-state index in [9.17, 15) is 14.7 Å². The number of carboxylic acid groups (broad SMARTS) is 1. The Morgan fingerprint density at radius 2 is 2.14 bits per heavy atom. The molecule has 1 amide bonds. The first-order chi connectivity index (χ1) is 10.5. The maximum atomic E-state index is 12.0. The van der Waals surface area contributed by atoms with E-state index < -0.39 is 12.0 Å². The third-order valence-corrected chi connectivity index (χ3v) is 3.15. The molecule has 0 aliphatic carbocycles. The molecular weight excluding hydrogens is 284 g/mol. The largest absolute Gasteiger partial charge is 0.479 e. The fourth-order valence-electron chi connectivity index (χ4n) is 2.10. The van der Waals surface area contributed by atoms with Crippen molar-refractivity contribution in [1.29, 1.82) is 0 Å². The Morgan fingerprint density at radius 3 is 2.73 bits per heavy atom. The van der Waals surface area contributed by atoms with Crippen LogP contribution < -0.4 is 5.32 Å². The van der Waals surface area contributed by atoms with Crippen molar-refractivity contribution in [3.63, 3.8) is 0 Å². The highest BCUT2D eigenvalue weighted by Crippen LogP contribution is 2.15. The van der Waals surface area contributed by atoms with Crippen LogP contribution in [0.4, 0.5) is 0 Å². The van der Waals surface area contributed by atoms with Crippen LogP contribution in [0.1, 0.15) is 35.2 Å². The van der Waals surface area contributed by atoms with Gasteiger partial charge in [0, 0.05) is 12.8 Å². The monoisotopic (exact) mass is 302 g/mol. The van der Waals surface area contributed by atoms with Crippen LogP contribution >= 0.6 is 0 Å². The summed E-state index contributed by atoms with van der Waals surface area (Å²) in [5.41, 5.74) is 1.49. The minimum absolute atomic E-state index is 0.132. The standard InChI is InChI=1S/C15H18N4O3/c1-9-4-3-5-11(8-9)14(15(21)22)17-13(20)7-6-12-16-10(2)18-19-12/h3-5,8,14H,6-7H2,1-2H3,(H,17,20)(H,21,22)(H,16,18,19). The molecule has 1 atom stereocenters. The number of nitrogens with one attached hydrogen (secondary N) is 2. The summed E-state index contributed by atoms with van der Waals surface area (Å²) in [5.74, 6) is -0.224. The SMILES string of the molecule is Cc1cccc(C(NC(=O)CCc2n[nH]c(C)n2)C(=O)O)c1. The van der Waals surface area contributed by atoms with E-state index in [0.29, 0.717) is 23.6 Å². The highest BCUT2D eigenvalue weighted by atomic mass is 16.4. The van der Waals surface area contributed by atoms with Crippen LogP contribution in [0.2, 0.25) is 0 Å². The molecule has 1 heterocycles. The van der Waals surface area contributed by atoms with E-state index in [4.69, 9.17) is 0 Å². The normalized spacial score (nSPS) is 11.9. The van der Waals surface area contributed by atoms with Crippen molar-refractivity contribution < 1.29 is 14.7 Å². The van der Waals surface area contributed by atoms with E-state index in [-0.39, 0.29) is 12.3 Å². The molecule has 0 aliphatic rings. The van der Waals surface area contributed by atoms with Gasteiger partial charge in [0.15, 0.2) is 11.9 Å². The Balaban J connectivity index is 1.98. The molecule has 0 spiro atoms. The minimum Gasteiger partial charge on any atom is -0.479 e. The van der Waals surface area contributed by atoms with Gasteiger partial charge in [-0.1, -0.05) is 29.8 Å². The number of aryl methyl sites for hydroxylation is 3. The molecule has 1 aromatic carbocycles. The van der Waals surface area contributed by atoms with Crippen LogP contribution in [0, 0.1) is 13.8 Å². The van der Waals surface area contributed by atoms with Crippen molar-refractivity contribution in [2.24, 2.45) is 0 Å². The van der Waals surface area contributed by atoms with Gasteiger partial charge < -0.3 is 10.4 Å². The predicted octanol–water partition coefficient (Wildman–Crippen LogP) is 1.30. The lowest BCUT2D eigenvalue weighted by Gasteiger charge is -2.15. The van der Waals surface area contributed by atoms with E-state index >= 15 is 0 Å². The van der Waals surface area contributed by atoms with Crippen LogP contribution in [-0.2, 0) is 16.0 Å². The van der Waals surface area contributed by atoms with E-state index in [1.807, 2.05) is 13.0 Å². The number of carboxylic acids is 1. The second-order valence-corrected chi connectivity index (χ2v) is 5.09. The second kappa shape index (κ2) is 6.84. The quantitative estimate of drug-likeness (QED) is 0.745. The van der Waals surface area contributed by atoms with Gasteiger partial charge in [0.1, 0.15) is 5.82 Å². The fourth-order valence-corrected chi connectivity index (χ4v) is 2.10. The molecule has 0 aliphatic heterocycles. The first-order valence-electron chi connectivity index (χ1n) is 6.92. The highest BCUT2D eigenvalue weighted by molar-refractivity contribution is 5.84. The minimum atomic E-state index is -1.09. The average molecular weight is 302 g/mol. The number of aliphatic carboxylic acids is 1. The van der Waals surface area contributed by atoms with Crippen molar-refractivity contribution in [1.82, 2.24) is 20.5 Å². The van der Waals surface area contributed by atoms with Crippen LogP contribution in [0.3, 0.4) is 0 Å². The Hall–Kier alpha value is -2.70. The molecule has 7 nitrogen and oxygen atoms in total. The molecular formula is C15H18N4O3. The zero-order valence-electron chi connectivity index (χ0n) is 12.5. The summed E-state index contributed by atoms with van der Waals surface area (Å²) < 4.78 is 0. The van der Waals surface area contributed by atoms with Gasteiger partial charge in [-0.3, -0.25) is 9.89 Å². The summed E-state index contributed by atoms with van der Waals surface area (Å²) in [5, 5.41) is 18.5. The zero-order chi connectivity index (χ0) is 16.1. The molecule has 3 N–H and O–H groups in total. The Bertz CT molecular complexity index is 681. The molecule has 7 heteroatoms. The van der Waals surface area contributed by atoms with Gasteiger partial charge >= 0.3 is 5.97 Å². The number of H-pyrrole nitrogens is 1. The second-order valence-electron chi connectivity index (χ2n) is 5.09. The number of hydrogen-bond donors (Lipinski definition) is 3. The van der Waals surface area contributed by atoms with Gasteiger partial charge in [0.05, 0.1) is 0 Å². The number of amides is 1. The zero-order valence-corrected chi connectivity index (χ0v) is 12.5. The summed E-state index contributed by atoms with van der Waals surface area (Å²) in [7, 11) is 0. The summed E-state index contributed by atoms with van der Waals surface area (Å²) in [4.78, 5) is 27.4. The lowest BCUT2D eigenvalue weighted by Crippen LogP contribution is -2.34. The summed E-state index contributed by atoms with van der Waals surface area (Å²) in [6, 6.07) is 6.02. The molecule has 1 aromatic heterocycles. The number of carbonyl (C=O) groups excluding carboxylic acids is 1. The number of carbonyl (C=O) groups is 2. The molecule has 116 valence electrons. The maximum absolute atomic E-state index is 12.0. The number of aromatic amines is 1. The van der Waals surface area contributed by atoms with E-state index in [1.54, 1.807) is 25.1 Å². The Morgan fingerprint density at radius 1 is 1.36 bits per heavy atom. The predicted molar refractivity (Wildman–Crippen MR) is 79.1 cm³/mol. The molecule has 2 aromatic rings. The van der Waals surface area contributed by atoms with E-state index in [1.165, 1.54) is 0 Å². The smallest absolute Gasteiger partial charge is 0.330 e. The van der Waals surface area contributed by atoms with Gasteiger partial charge in [0.2, 0.25) is 5.91 Å². The lowest BCUT2D eigenvalue weighted by molar-refractivity contribution is -0.142. The van der Waals surface area contributed by atoms with Crippen molar-refractivity contribution >= 4 is 11.9 Å². The summed E-state index contributed by atoms with van der Waals surface area (Å²) >= 11 is 0. The van der Waals surface area contributed by atoms with Crippen LogP contribution in [-0.4, -0.2) is 32.2 Å². The topological polar surface area (TPSA) is 108 Å². The average Bonchev–Trinajstić information content (AvgIpc) is 2.88. The molecule has 0 saturated heterocycles. The summed E-state index contributed by atoms with van der Waals surface area (Å²) in [6.07, 6.45) is 0.489. The Labute approximate surface area is 127 Å². The molecule has 0 fully saturated rings. The van der Waals surface area contributed by atoms with Gasteiger partial charge in [0.25, 0.3) is 0 Å². The van der Waals surface area contributed by atoms with Crippen molar-refractivity contribution in [3.05, 3.63) is 47.0 Å². The first kappa shape index (κ1) is 15.7. The molecule has 22 heavy (non-hydrogen) atoms. The van der Waals surface area contributed by atoms with Gasteiger partial charge in [-0.15, -0.1) is 0 Å². The third kappa shape index (κ3) is 4.15.